The van der Waals surface area contributed by atoms with Crippen molar-refractivity contribution >= 4 is 34.9 Å². The van der Waals surface area contributed by atoms with Crippen LogP contribution in [0.2, 0.25) is 5.02 Å². The minimum absolute atomic E-state index is 0.172. The van der Waals surface area contributed by atoms with Gasteiger partial charge in [-0.25, -0.2) is 4.79 Å². The Labute approximate surface area is 203 Å². The van der Waals surface area contributed by atoms with Crippen LogP contribution in [0.4, 0.5) is 11.4 Å². The van der Waals surface area contributed by atoms with Crippen LogP contribution < -0.4 is 15.0 Å². The second-order valence-corrected chi connectivity index (χ2v) is 8.42. The number of hydrogen-bond donors (Lipinski definition) is 2. The quantitative estimate of drug-likeness (QED) is 0.495. The van der Waals surface area contributed by atoms with Gasteiger partial charge in [0.1, 0.15) is 12.4 Å². The summed E-state index contributed by atoms with van der Waals surface area (Å²) in [6.07, 6.45) is 0. The first-order valence-corrected chi connectivity index (χ1v) is 11.5. The summed E-state index contributed by atoms with van der Waals surface area (Å²) in [7, 11) is 0. The lowest BCUT2D eigenvalue weighted by Gasteiger charge is -2.36. The Kier molecular flexibility index (Phi) is 7.67. The summed E-state index contributed by atoms with van der Waals surface area (Å²) in [5.41, 5.74) is 1.79. The summed E-state index contributed by atoms with van der Waals surface area (Å²) < 4.78 is 5.78. The fraction of sp³-hybridized carbons (Fsp3) is 0.231. The molecule has 1 aliphatic heterocycles. The second kappa shape index (κ2) is 11.0. The number of anilines is 2. The number of benzene rings is 3. The zero-order valence-electron chi connectivity index (χ0n) is 18.6. The van der Waals surface area contributed by atoms with Gasteiger partial charge in [0.25, 0.3) is 5.91 Å². The van der Waals surface area contributed by atoms with E-state index in [0.717, 1.165) is 25.4 Å². The Bertz CT molecular complexity index is 1130. The molecule has 1 heterocycles. The number of carboxylic acids is 1. The van der Waals surface area contributed by atoms with Crippen molar-refractivity contribution in [2.45, 2.75) is 0 Å². The number of nitrogens with one attached hydrogen (secondary N) is 1. The van der Waals surface area contributed by atoms with Gasteiger partial charge in [0.05, 0.1) is 11.3 Å². The molecule has 0 unspecified atom stereocenters. The number of piperazine rings is 1. The molecule has 4 rings (SSSR count). The normalized spacial score (nSPS) is 14.0. The number of nitrogens with zero attached hydrogens (tertiary/aromatic N) is 2. The highest BCUT2D eigenvalue weighted by Crippen LogP contribution is 2.26. The van der Waals surface area contributed by atoms with Crippen molar-refractivity contribution in [1.29, 1.82) is 0 Å². The SMILES string of the molecule is O=C(Nc1ccc(N2CCN(CCOc3ccc(Cl)cc3)CC2)c(C(=O)O)c1)c1ccccc1. The molecule has 8 heteroatoms. The summed E-state index contributed by atoms with van der Waals surface area (Å²) >= 11 is 5.89. The van der Waals surface area contributed by atoms with Gasteiger partial charge < -0.3 is 20.1 Å². The molecule has 0 spiro atoms. The highest BCUT2D eigenvalue weighted by molar-refractivity contribution is 6.30. The van der Waals surface area contributed by atoms with Crippen molar-refractivity contribution in [3.05, 3.63) is 88.9 Å². The maximum Gasteiger partial charge on any atom is 0.337 e. The molecule has 3 aromatic carbocycles. The number of ether oxygens (including phenoxy) is 1. The summed E-state index contributed by atoms with van der Waals surface area (Å²) in [6, 6.07) is 21.1. The Hall–Kier alpha value is -3.55. The van der Waals surface area contributed by atoms with E-state index in [1.54, 1.807) is 48.5 Å². The summed E-state index contributed by atoms with van der Waals surface area (Å²) in [4.78, 5) is 28.7. The molecular weight excluding hydrogens is 454 g/mol. The number of amides is 1. The van der Waals surface area contributed by atoms with E-state index in [1.165, 1.54) is 6.07 Å². The van der Waals surface area contributed by atoms with Crippen molar-refractivity contribution in [2.24, 2.45) is 0 Å². The molecule has 1 amide bonds. The van der Waals surface area contributed by atoms with Crippen LogP contribution >= 0.6 is 11.6 Å². The number of carboxylic acid groups (broad SMARTS) is 1. The number of aromatic carboxylic acids is 1. The first-order valence-electron chi connectivity index (χ1n) is 11.1. The van der Waals surface area contributed by atoms with Gasteiger partial charge in [-0.15, -0.1) is 0 Å². The Morgan fingerprint density at radius 1 is 0.941 bits per heavy atom. The van der Waals surface area contributed by atoms with E-state index in [0.29, 0.717) is 41.7 Å². The van der Waals surface area contributed by atoms with E-state index >= 15 is 0 Å². The molecule has 3 aromatic rings. The average Bonchev–Trinajstić information content (AvgIpc) is 2.86. The lowest BCUT2D eigenvalue weighted by Crippen LogP contribution is -2.47. The van der Waals surface area contributed by atoms with E-state index in [-0.39, 0.29) is 11.5 Å². The predicted molar refractivity (Wildman–Crippen MR) is 133 cm³/mol. The van der Waals surface area contributed by atoms with Crippen molar-refractivity contribution in [3.8, 4) is 5.75 Å². The Morgan fingerprint density at radius 2 is 1.65 bits per heavy atom. The van der Waals surface area contributed by atoms with Crippen LogP contribution in [0.25, 0.3) is 0 Å². The van der Waals surface area contributed by atoms with Gasteiger partial charge in [0.15, 0.2) is 0 Å². The third-order valence-corrected chi connectivity index (χ3v) is 5.98. The van der Waals surface area contributed by atoms with Gasteiger partial charge >= 0.3 is 5.97 Å². The molecule has 0 aromatic heterocycles. The third-order valence-electron chi connectivity index (χ3n) is 5.72. The third kappa shape index (κ3) is 6.07. The fourth-order valence-electron chi connectivity index (χ4n) is 3.89. The molecule has 1 saturated heterocycles. The van der Waals surface area contributed by atoms with E-state index in [9.17, 15) is 14.7 Å². The fourth-order valence-corrected chi connectivity index (χ4v) is 4.02. The number of hydrogen-bond acceptors (Lipinski definition) is 5. The van der Waals surface area contributed by atoms with Gasteiger partial charge in [0, 0.05) is 49.0 Å². The first kappa shape index (κ1) is 23.6. The number of carbonyl (C=O) groups is 2. The number of carbonyl (C=O) groups excluding carboxylic acids is 1. The van der Waals surface area contributed by atoms with E-state index in [4.69, 9.17) is 16.3 Å². The predicted octanol–water partition coefficient (Wildman–Crippen LogP) is 4.49. The van der Waals surface area contributed by atoms with Crippen molar-refractivity contribution < 1.29 is 19.4 Å². The van der Waals surface area contributed by atoms with Crippen LogP contribution in [0.5, 0.6) is 5.75 Å². The zero-order valence-corrected chi connectivity index (χ0v) is 19.4. The lowest BCUT2D eigenvalue weighted by atomic mass is 10.1. The first-order chi connectivity index (χ1) is 16.5. The molecule has 2 N–H and O–H groups in total. The van der Waals surface area contributed by atoms with Gasteiger partial charge in [-0.1, -0.05) is 29.8 Å². The van der Waals surface area contributed by atoms with Crippen LogP contribution in [-0.2, 0) is 0 Å². The van der Waals surface area contributed by atoms with Crippen LogP contribution in [0.3, 0.4) is 0 Å². The topological polar surface area (TPSA) is 82.1 Å². The molecule has 1 aliphatic rings. The van der Waals surface area contributed by atoms with Crippen LogP contribution in [-0.4, -0.2) is 61.2 Å². The van der Waals surface area contributed by atoms with Gasteiger partial charge in [-0.2, -0.15) is 0 Å². The van der Waals surface area contributed by atoms with Gasteiger partial charge in [0.2, 0.25) is 0 Å². The maximum absolute atomic E-state index is 12.4. The van der Waals surface area contributed by atoms with Gasteiger partial charge in [-0.05, 0) is 54.6 Å². The van der Waals surface area contributed by atoms with Crippen molar-refractivity contribution in [2.75, 3.05) is 49.5 Å². The molecule has 7 nitrogen and oxygen atoms in total. The molecule has 0 atom stereocenters. The second-order valence-electron chi connectivity index (χ2n) is 7.99. The number of halogens is 1. The standard InChI is InChI=1S/C26H26ClN3O4/c27-20-6-9-22(10-7-20)34-17-16-29-12-14-30(15-13-29)24-11-8-21(18-23(24)26(32)33)28-25(31)19-4-2-1-3-5-19/h1-11,18H,12-17H2,(H,28,31)(H,32,33). The van der Waals surface area contributed by atoms with E-state index in [1.807, 2.05) is 18.2 Å². The molecule has 0 saturated carbocycles. The van der Waals surface area contributed by atoms with Crippen LogP contribution in [0, 0.1) is 0 Å². The monoisotopic (exact) mass is 479 g/mol. The van der Waals surface area contributed by atoms with Crippen molar-refractivity contribution in [1.82, 2.24) is 4.90 Å². The highest BCUT2D eigenvalue weighted by Gasteiger charge is 2.22. The largest absolute Gasteiger partial charge is 0.492 e. The maximum atomic E-state index is 12.4. The van der Waals surface area contributed by atoms with Gasteiger partial charge in [-0.3, -0.25) is 9.69 Å². The van der Waals surface area contributed by atoms with Crippen LogP contribution in [0.1, 0.15) is 20.7 Å². The molecule has 34 heavy (non-hydrogen) atoms. The zero-order chi connectivity index (χ0) is 23.9. The molecule has 0 radical (unpaired) electrons. The minimum Gasteiger partial charge on any atom is -0.492 e. The Balaban J connectivity index is 1.33. The molecule has 0 aliphatic carbocycles. The molecule has 1 fully saturated rings. The van der Waals surface area contributed by atoms with E-state index in [2.05, 4.69) is 15.1 Å². The summed E-state index contributed by atoms with van der Waals surface area (Å²) in [5.74, 6) is -0.516. The minimum atomic E-state index is -1.02. The lowest BCUT2D eigenvalue weighted by molar-refractivity contribution is 0.0697. The van der Waals surface area contributed by atoms with Crippen molar-refractivity contribution in [3.63, 3.8) is 0 Å². The number of rotatable bonds is 8. The van der Waals surface area contributed by atoms with Crippen LogP contribution in [0.15, 0.2) is 72.8 Å². The summed E-state index contributed by atoms with van der Waals surface area (Å²) in [5, 5.41) is 13.2. The summed E-state index contributed by atoms with van der Waals surface area (Å²) in [6.45, 7) is 4.36. The highest BCUT2D eigenvalue weighted by atomic mass is 35.5. The average molecular weight is 480 g/mol. The molecular formula is C26H26ClN3O4. The Morgan fingerprint density at radius 3 is 2.32 bits per heavy atom. The molecule has 176 valence electrons. The molecule has 0 bridgehead atoms. The van der Waals surface area contributed by atoms with E-state index < -0.39 is 5.97 Å². The smallest absolute Gasteiger partial charge is 0.337 e.